The fraction of sp³-hybridized carbons (Fsp3) is 0.263. The van der Waals surface area contributed by atoms with Crippen molar-refractivity contribution in [2.75, 3.05) is 37.6 Å². The number of rotatable bonds is 4. The average Bonchev–Trinajstić information content (AvgIpc) is 3.11. The van der Waals surface area contributed by atoms with Gasteiger partial charge in [-0.2, -0.15) is 27.1 Å². The van der Waals surface area contributed by atoms with E-state index in [0.29, 0.717) is 26.2 Å². The van der Waals surface area contributed by atoms with Gasteiger partial charge in [0, 0.05) is 31.7 Å². The van der Waals surface area contributed by atoms with Crippen molar-refractivity contribution >= 4 is 33.5 Å². The number of halogens is 4. The third kappa shape index (κ3) is 4.49. The van der Waals surface area contributed by atoms with E-state index in [1.54, 1.807) is 0 Å². The topological polar surface area (TPSA) is 132 Å². The lowest BCUT2D eigenvalue weighted by Crippen LogP contribution is -2.46. The minimum absolute atomic E-state index is 0.0136. The molecule has 1 aliphatic heterocycles. The molecule has 9 nitrogen and oxygen atoms in total. The molecule has 0 aliphatic carbocycles. The highest BCUT2D eigenvalue weighted by Gasteiger charge is 2.36. The Balaban J connectivity index is 1.78. The van der Waals surface area contributed by atoms with Gasteiger partial charge in [-0.1, -0.05) is 23.7 Å². The monoisotopic (exact) mass is 501 g/mol. The average molecular weight is 502 g/mol. The number of anilines is 2. The van der Waals surface area contributed by atoms with Crippen molar-refractivity contribution in [2.45, 2.75) is 11.1 Å². The number of benzene rings is 2. The molecule has 0 saturated carbocycles. The van der Waals surface area contributed by atoms with Gasteiger partial charge in [-0.3, -0.25) is 0 Å². The molecule has 1 aromatic heterocycles. The first-order valence-corrected chi connectivity index (χ1v) is 11.5. The number of hydrogen-bond donors (Lipinski definition) is 3. The SMILES string of the molecule is Nc1nc(N)n(-c2cc(Cl)c(-c3ccc(S(=O)(=O)N4CCNCC4)cc3)c(C(F)(F)F)c2)n1. The first-order chi connectivity index (χ1) is 15.5. The lowest BCUT2D eigenvalue weighted by atomic mass is 9.98. The number of piperazine rings is 1. The van der Waals surface area contributed by atoms with Crippen LogP contribution in [0.25, 0.3) is 16.8 Å². The van der Waals surface area contributed by atoms with Crippen LogP contribution >= 0.6 is 11.6 Å². The van der Waals surface area contributed by atoms with Crippen LogP contribution in [0.5, 0.6) is 0 Å². The first kappa shape index (κ1) is 23.3. The third-order valence-corrected chi connectivity index (χ3v) is 7.34. The lowest BCUT2D eigenvalue weighted by molar-refractivity contribution is -0.137. The molecule has 0 unspecified atom stereocenters. The van der Waals surface area contributed by atoms with Crippen molar-refractivity contribution in [1.29, 1.82) is 0 Å². The van der Waals surface area contributed by atoms with Crippen LogP contribution < -0.4 is 16.8 Å². The summed E-state index contributed by atoms with van der Waals surface area (Å²) in [5.41, 5.74) is 9.82. The molecular formula is C19H19ClF3N7O2S. The van der Waals surface area contributed by atoms with Crippen LogP contribution in [-0.2, 0) is 16.2 Å². The van der Waals surface area contributed by atoms with Crippen molar-refractivity contribution in [3.63, 3.8) is 0 Å². The minimum atomic E-state index is -4.78. The lowest BCUT2D eigenvalue weighted by Gasteiger charge is -2.26. The Kier molecular flexibility index (Phi) is 5.99. The minimum Gasteiger partial charge on any atom is -0.368 e. The fourth-order valence-electron chi connectivity index (χ4n) is 3.59. The summed E-state index contributed by atoms with van der Waals surface area (Å²) < 4.78 is 69.8. The van der Waals surface area contributed by atoms with Gasteiger partial charge in [0.05, 0.1) is 21.2 Å². The first-order valence-electron chi connectivity index (χ1n) is 9.69. The van der Waals surface area contributed by atoms with Crippen molar-refractivity contribution in [3.8, 4) is 16.8 Å². The number of hydrogen-bond acceptors (Lipinski definition) is 7. The predicted octanol–water partition coefficient (Wildman–Crippen LogP) is 2.36. The maximum absolute atomic E-state index is 14.0. The van der Waals surface area contributed by atoms with Crippen molar-refractivity contribution in [2.24, 2.45) is 0 Å². The van der Waals surface area contributed by atoms with E-state index in [-0.39, 0.29) is 38.6 Å². The van der Waals surface area contributed by atoms with Gasteiger partial charge in [-0.15, -0.1) is 5.10 Å². The normalized spacial score (nSPS) is 15.6. The largest absolute Gasteiger partial charge is 0.417 e. The number of aromatic nitrogens is 3. The van der Waals surface area contributed by atoms with Gasteiger partial charge < -0.3 is 16.8 Å². The Hall–Kier alpha value is -2.87. The van der Waals surface area contributed by atoms with E-state index in [0.717, 1.165) is 10.7 Å². The Morgan fingerprint density at radius 2 is 1.70 bits per heavy atom. The molecule has 0 atom stereocenters. The highest BCUT2D eigenvalue weighted by molar-refractivity contribution is 7.89. The molecule has 176 valence electrons. The van der Waals surface area contributed by atoms with E-state index >= 15 is 0 Å². The van der Waals surface area contributed by atoms with Crippen molar-refractivity contribution in [1.82, 2.24) is 24.4 Å². The summed E-state index contributed by atoms with van der Waals surface area (Å²) in [6, 6.07) is 7.22. The molecule has 1 fully saturated rings. The molecule has 1 aliphatic rings. The number of nitrogen functional groups attached to an aromatic ring is 2. The number of nitrogens with zero attached hydrogens (tertiary/aromatic N) is 4. The molecule has 33 heavy (non-hydrogen) atoms. The van der Waals surface area contributed by atoms with Gasteiger partial charge >= 0.3 is 6.18 Å². The highest BCUT2D eigenvalue weighted by Crippen LogP contribution is 2.42. The Bertz CT molecular complexity index is 1290. The second-order valence-corrected chi connectivity index (χ2v) is 9.61. The second kappa shape index (κ2) is 8.48. The second-order valence-electron chi connectivity index (χ2n) is 7.27. The Morgan fingerprint density at radius 3 is 2.24 bits per heavy atom. The molecule has 0 bridgehead atoms. The van der Waals surface area contributed by atoms with Crippen LogP contribution in [0, 0.1) is 0 Å². The quantitative estimate of drug-likeness (QED) is 0.500. The van der Waals surface area contributed by atoms with Crippen LogP contribution in [-0.4, -0.2) is 53.7 Å². The third-order valence-electron chi connectivity index (χ3n) is 5.13. The molecule has 2 heterocycles. The van der Waals surface area contributed by atoms with Crippen molar-refractivity contribution < 1.29 is 21.6 Å². The number of nitrogens with two attached hydrogens (primary N) is 2. The van der Waals surface area contributed by atoms with E-state index in [1.807, 2.05) is 0 Å². The summed E-state index contributed by atoms with van der Waals surface area (Å²) in [7, 11) is -3.76. The highest BCUT2D eigenvalue weighted by atomic mass is 35.5. The van der Waals surface area contributed by atoms with E-state index in [1.165, 1.54) is 34.6 Å². The van der Waals surface area contributed by atoms with Crippen LogP contribution in [0.4, 0.5) is 25.1 Å². The van der Waals surface area contributed by atoms with Gasteiger partial charge in [0.2, 0.25) is 21.9 Å². The summed E-state index contributed by atoms with van der Waals surface area (Å²) in [6.07, 6.45) is -4.78. The Morgan fingerprint density at radius 1 is 1.06 bits per heavy atom. The van der Waals surface area contributed by atoms with Gasteiger partial charge in [0.25, 0.3) is 0 Å². The molecule has 4 rings (SSSR count). The zero-order valence-electron chi connectivity index (χ0n) is 17.0. The molecule has 0 amide bonds. The maximum Gasteiger partial charge on any atom is 0.417 e. The Labute approximate surface area is 192 Å². The number of sulfonamides is 1. The maximum atomic E-state index is 14.0. The number of alkyl halides is 3. The molecule has 0 radical (unpaired) electrons. The van der Waals surface area contributed by atoms with Crippen LogP contribution in [0.2, 0.25) is 5.02 Å². The molecule has 0 spiro atoms. The molecule has 14 heteroatoms. The van der Waals surface area contributed by atoms with E-state index in [2.05, 4.69) is 15.4 Å². The molecule has 1 saturated heterocycles. The summed E-state index contributed by atoms with van der Waals surface area (Å²) in [4.78, 5) is 3.67. The predicted molar refractivity (Wildman–Crippen MR) is 117 cm³/mol. The van der Waals surface area contributed by atoms with Crippen LogP contribution in [0.1, 0.15) is 5.56 Å². The zero-order chi connectivity index (χ0) is 24.0. The molecular weight excluding hydrogens is 483 g/mol. The summed E-state index contributed by atoms with van der Waals surface area (Å²) >= 11 is 6.27. The van der Waals surface area contributed by atoms with Crippen LogP contribution in [0.15, 0.2) is 41.3 Å². The summed E-state index contributed by atoms with van der Waals surface area (Å²) in [5.74, 6) is -0.408. The van der Waals surface area contributed by atoms with Gasteiger partial charge in [-0.25, -0.2) is 8.42 Å². The van der Waals surface area contributed by atoms with Gasteiger partial charge in [-0.05, 0) is 29.8 Å². The van der Waals surface area contributed by atoms with Crippen molar-refractivity contribution in [3.05, 3.63) is 47.0 Å². The van der Waals surface area contributed by atoms with Gasteiger partial charge in [0.1, 0.15) is 0 Å². The van der Waals surface area contributed by atoms with E-state index in [9.17, 15) is 21.6 Å². The smallest absolute Gasteiger partial charge is 0.368 e. The van der Waals surface area contributed by atoms with E-state index in [4.69, 9.17) is 23.1 Å². The molecule has 5 N–H and O–H groups in total. The molecule has 3 aromatic rings. The number of nitrogens with one attached hydrogen (secondary N) is 1. The van der Waals surface area contributed by atoms with E-state index < -0.39 is 21.8 Å². The summed E-state index contributed by atoms with van der Waals surface area (Å²) in [6.45, 7) is 1.67. The van der Waals surface area contributed by atoms with Crippen LogP contribution in [0.3, 0.4) is 0 Å². The summed E-state index contributed by atoms with van der Waals surface area (Å²) in [5, 5.41) is 6.62. The fourth-order valence-corrected chi connectivity index (χ4v) is 5.35. The standard InChI is InChI=1S/C19H19ClF3N7O2S/c20-15-10-12(30-18(25)27-17(24)28-30)9-14(19(21,22)23)16(15)11-1-3-13(4-2-11)33(31,32)29-7-5-26-6-8-29/h1-4,9-10,26H,5-8H2,(H4,24,25,27,28). The zero-order valence-corrected chi connectivity index (χ0v) is 18.5. The molecule has 2 aromatic carbocycles. The van der Waals surface area contributed by atoms with Gasteiger partial charge in [0.15, 0.2) is 0 Å².